The van der Waals surface area contributed by atoms with E-state index >= 15 is 0 Å². The fourth-order valence-electron chi connectivity index (χ4n) is 1.46. The Hall–Kier alpha value is -1.94. The number of hydrogen-bond donors (Lipinski definition) is 1. The van der Waals surface area contributed by atoms with Crippen molar-refractivity contribution in [1.29, 1.82) is 0 Å². The molecule has 0 saturated carbocycles. The van der Waals surface area contributed by atoms with Crippen LogP contribution in [0, 0.1) is 0 Å². The minimum Gasteiger partial charge on any atom is -0.481 e. The molecule has 0 aliphatic heterocycles. The van der Waals surface area contributed by atoms with Gasteiger partial charge in [0.2, 0.25) is 0 Å². The van der Waals surface area contributed by atoms with Crippen LogP contribution in [-0.4, -0.2) is 21.0 Å². The molecule has 0 aliphatic rings. The Bertz CT molecular complexity index is 543. The number of carbonyl (C=O) groups is 1. The van der Waals surface area contributed by atoms with Gasteiger partial charge in [-0.1, -0.05) is 17.7 Å². The molecule has 0 radical (unpaired) electrons. The van der Waals surface area contributed by atoms with Gasteiger partial charge < -0.3 is 5.11 Å². The second-order valence-electron chi connectivity index (χ2n) is 3.45. The van der Waals surface area contributed by atoms with E-state index in [2.05, 4.69) is 9.97 Å². The Morgan fingerprint density at radius 2 is 2.18 bits per heavy atom. The number of halogens is 1. The van der Waals surface area contributed by atoms with Crippen LogP contribution in [0.1, 0.15) is 5.69 Å². The van der Waals surface area contributed by atoms with Crippen molar-refractivity contribution < 1.29 is 9.90 Å². The lowest BCUT2D eigenvalue weighted by atomic mass is 10.1. The molecule has 17 heavy (non-hydrogen) atoms. The lowest BCUT2D eigenvalue weighted by Gasteiger charge is -2.04. The summed E-state index contributed by atoms with van der Waals surface area (Å²) >= 11 is 6.02. The van der Waals surface area contributed by atoms with Gasteiger partial charge in [-0.25, -0.2) is 4.98 Å². The summed E-state index contributed by atoms with van der Waals surface area (Å²) < 4.78 is 0. The molecule has 2 rings (SSSR count). The molecule has 0 unspecified atom stereocenters. The van der Waals surface area contributed by atoms with Crippen LogP contribution in [0.15, 0.2) is 36.7 Å². The van der Waals surface area contributed by atoms with E-state index in [9.17, 15) is 4.79 Å². The van der Waals surface area contributed by atoms with Gasteiger partial charge in [0.15, 0.2) is 0 Å². The molecule has 2 aromatic heterocycles. The largest absolute Gasteiger partial charge is 0.481 e. The highest BCUT2D eigenvalue weighted by Crippen LogP contribution is 2.25. The van der Waals surface area contributed by atoms with E-state index in [1.54, 1.807) is 30.6 Å². The molecule has 2 heterocycles. The number of carboxylic acid groups (broad SMARTS) is 1. The van der Waals surface area contributed by atoms with Gasteiger partial charge in [-0.3, -0.25) is 9.78 Å². The van der Waals surface area contributed by atoms with E-state index in [-0.39, 0.29) is 11.6 Å². The number of nitrogens with zero attached hydrogens (tertiary/aromatic N) is 2. The summed E-state index contributed by atoms with van der Waals surface area (Å²) in [5, 5.41) is 8.94. The van der Waals surface area contributed by atoms with Gasteiger partial charge in [0, 0.05) is 23.5 Å². The molecule has 2 aromatic rings. The van der Waals surface area contributed by atoms with Crippen molar-refractivity contribution in [3.05, 3.63) is 47.5 Å². The topological polar surface area (TPSA) is 63.1 Å². The number of aliphatic carboxylic acids is 1. The van der Waals surface area contributed by atoms with Gasteiger partial charge in [0.1, 0.15) is 5.15 Å². The smallest absolute Gasteiger partial charge is 0.309 e. The Morgan fingerprint density at radius 1 is 1.35 bits per heavy atom. The van der Waals surface area contributed by atoms with Gasteiger partial charge in [-0.15, -0.1) is 0 Å². The van der Waals surface area contributed by atoms with Crippen molar-refractivity contribution in [2.24, 2.45) is 0 Å². The van der Waals surface area contributed by atoms with E-state index in [0.717, 1.165) is 11.1 Å². The number of hydrogen-bond acceptors (Lipinski definition) is 3. The molecule has 0 aliphatic carbocycles. The summed E-state index contributed by atoms with van der Waals surface area (Å²) in [7, 11) is 0. The zero-order valence-corrected chi connectivity index (χ0v) is 9.55. The Morgan fingerprint density at radius 3 is 2.76 bits per heavy atom. The monoisotopic (exact) mass is 248 g/mol. The number of carboxylic acids is 1. The maximum Gasteiger partial charge on any atom is 0.309 e. The van der Waals surface area contributed by atoms with Gasteiger partial charge in [0.05, 0.1) is 12.1 Å². The first kappa shape index (κ1) is 11.5. The fourth-order valence-corrected chi connectivity index (χ4v) is 1.74. The number of pyridine rings is 2. The Kier molecular flexibility index (Phi) is 3.35. The summed E-state index contributed by atoms with van der Waals surface area (Å²) in [5.41, 5.74) is 2.04. The Balaban J connectivity index is 2.35. The van der Waals surface area contributed by atoms with Crippen LogP contribution in [0.2, 0.25) is 5.15 Å². The van der Waals surface area contributed by atoms with E-state index in [1.165, 1.54) is 0 Å². The Labute approximate surface area is 103 Å². The van der Waals surface area contributed by atoms with Crippen LogP contribution in [0.25, 0.3) is 11.1 Å². The summed E-state index contributed by atoms with van der Waals surface area (Å²) in [6.45, 7) is 0. The second kappa shape index (κ2) is 4.93. The van der Waals surface area contributed by atoms with Crippen LogP contribution in [0.5, 0.6) is 0 Å². The van der Waals surface area contributed by atoms with Gasteiger partial charge in [0.25, 0.3) is 0 Å². The molecule has 86 valence electrons. The molecule has 0 atom stereocenters. The molecule has 0 saturated heterocycles. The minimum atomic E-state index is -0.928. The third kappa shape index (κ3) is 2.79. The van der Waals surface area contributed by atoms with Gasteiger partial charge >= 0.3 is 5.97 Å². The lowest BCUT2D eigenvalue weighted by Crippen LogP contribution is -2.02. The molecule has 0 bridgehead atoms. The summed E-state index contributed by atoms with van der Waals surface area (Å²) in [6.07, 6.45) is 3.22. The molecule has 5 heteroatoms. The van der Waals surface area contributed by atoms with Crippen LogP contribution < -0.4 is 0 Å². The summed E-state index contributed by atoms with van der Waals surface area (Å²) in [5.74, 6) is -0.928. The molecule has 0 fully saturated rings. The highest BCUT2D eigenvalue weighted by molar-refractivity contribution is 6.32. The number of aromatic nitrogens is 2. The van der Waals surface area contributed by atoms with E-state index < -0.39 is 5.97 Å². The molecule has 0 spiro atoms. The average Bonchev–Trinajstić information content (AvgIpc) is 2.29. The molecule has 4 nitrogen and oxygen atoms in total. The first-order valence-electron chi connectivity index (χ1n) is 4.94. The first-order valence-corrected chi connectivity index (χ1v) is 5.32. The lowest BCUT2D eigenvalue weighted by molar-refractivity contribution is -0.136. The van der Waals surface area contributed by atoms with Crippen molar-refractivity contribution in [2.45, 2.75) is 6.42 Å². The molecule has 0 amide bonds. The van der Waals surface area contributed by atoms with Crippen LogP contribution >= 0.6 is 11.6 Å². The van der Waals surface area contributed by atoms with E-state index in [1.807, 2.05) is 6.07 Å². The summed E-state index contributed by atoms with van der Waals surface area (Å²) in [4.78, 5) is 18.6. The highest BCUT2D eigenvalue weighted by Gasteiger charge is 2.08. The standard InChI is InChI=1S/C12H9ClN2O2/c13-12-10(8-2-1-5-14-7-8)4-3-9(15-12)6-11(16)17/h1-5,7H,6H2,(H,16,17). The predicted molar refractivity (Wildman–Crippen MR) is 63.8 cm³/mol. The van der Waals surface area contributed by atoms with Crippen LogP contribution in [0.4, 0.5) is 0 Å². The van der Waals surface area contributed by atoms with Crippen molar-refractivity contribution in [2.75, 3.05) is 0 Å². The third-order valence-electron chi connectivity index (χ3n) is 2.21. The molecular weight excluding hydrogens is 240 g/mol. The first-order chi connectivity index (χ1) is 8.16. The molecule has 0 aromatic carbocycles. The van der Waals surface area contributed by atoms with Crippen molar-refractivity contribution in [3.8, 4) is 11.1 Å². The van der Waals surface area contributed by atoms with Crippen molar-refractivity contribution in [1.82, 2.24) is 9.97 Å². The highest BCUT2D eigenvalue weighted by atomic mass is 35.5. The minimum absolute atomic E-state index is 0.132. The third-order valence-corrected chi connectivity index (χ3v) is 2.50. The summed E-state index contributed by atoms with van der Waals surface area (Å²) in [6, 6.07) is 7.08. The second-order valence-corrected chi connectivity index (χ2v) is 3.81. The van der Waals surface area contributed by atoms with Crippen molar-refractivity contribution >= 4 is 17.6 Å². The molecular formula is C12H9ClN2O2. The predicted octanol–water partition coefficient (Wildman–Crippen LogP) is 2.42. The van der Waals surface area contributed by atoms with Gasteiger partial charge in [-0.05, 0) is 18.2 Å². The van der Waals surface area contributed by atoms with E-state index in [4.69, 9.17) is 16.7 Å². The maximum absolute atomic E-state index is 10.5. The van der Waals surface area contributed by atoms with Crippen LogP contribution in [-0.2, 0) is 11.2 Å². The van der Waals surface area contributed by atoms with Crippen LogP contribution in [0.3, 0.4) is 0 Å². The van der Waals surface area contributed by atoms with Crippen molar-refractivity contribution in [3.63, 3.8) is 0 Å². The average molecular weight is 249 g/mol. The zero-order valence-electron chi connectivity index (χ0n) is 8.80. The number of rotatable bonds is 3. The fraction of sp³-hybridized carbons (Fsp3) is 0.0833. The quantitative estimate of drug-likeness (QED) is 0.848. The maximum atomic E-state index is 10.5. The SMILES string of the molecule is O=C(O)Cc1ccc(-c2cccnc2)c(Cl)n1. The van der Waals surface area contributed by atoms with Gasteiger partial charge in [-0.2, -0.15) is 0 Å². The zero-order chi connectivity index (χ0) is 12.3. The van der Waals surface area contributed by atoms with E-state index in [0.29, 0.717) is 5.69 Å². The molecule has 1 N–H and O–H groups in total. The normalized spacial score (nSPS) is 10.2.